The van der Waals surface area contributed by atoms with Crippen LogP contribution in [0.5, 0.6) is 5.75 Å². The minimum atomic E-state index is -0.321. The number of fused-ring (bicyclic) bond motifs is 1. The third kappa shape index (κ3) is 6.98. The van der Waals surface area contributed by atoms with Crippen molar-refractivity contribution in [3.05, 3.63) is 89.4 Å². The second-order valence-corrected chi connectivity index (χ2v) is 13.6. The van der Waals surface area contributed by atoms with Crippen molar-refractivity contribution in [1.82, 2.24) is 9.55 Å². The number of methoxy groups -OCH3 is 1. The van der Waals surface area contributed by atoms with Gasteiger partial charge in [0.1, 0.15) is 12.4 Å². The summed E-state index contributed by atoms with van der Waals surface area (Å²) in [5.41, 5.74) is 5.20. The summed E-state index contributed by atoms with van der Waals surface area (Å²) in [4.78, 5) is 17.6. The summed E-state index contributed by atoms with van der Waals surface area (Å²) >= 11 is 1.91. The maximum atomic E-state index is 11.9. The van der Waals surface area contributed by atoms with Crippen molar-refractivity contribution in [2.24, 2.45) is 5.41 Å². The van der Waals surface area contributed by atoms with Gasteiger partial charge in [0, 0.05) is 39.0 Å². The van der Waals surface area contributed by atoms with Crippen LogP contribution in [0.2, 0.25) is 0 Å². The van der Waals surface area contributed by atoms with Crippen LogP contribution in [-0.2, 0) is 24.3 Å². The smallest absolute Gasteiger partial charge is 0.337 e. The summed E-state index contributed by atoms with van der Waals surface area (Å²) < 4.78 is 13.5. The molecule has 0 radical (unpaired) electrons. The second-order valence-electron chi connectivity index (χ2n) is 11.8. The first-order valence-electron chi connectivity index (χ1n) is 13.0. The number of aromatic nitrogens is 2. The van der Waals surface area contributed by atoms with Gasteiger partial charge in [-0.2, -0.15) is 0 Å². The molecule has 0 saturated carbocycles. The SMILES string of the molecule is COC(=O)c1ccc(Cn2c(CC(C)(C)C)c(SC(C)(C)C)c3cc(OCc4ccccn4)ccc32)cc1. The monoisotopic (exact) mass is 530 g/mol. The third-order valence-electron chi connectivity index (χ3n) is 6.03. The number of rotatable bonds is 8. The van der Waals surface area contributed by atoms with Gasteiger partial charge in [-0.05, 0) is 59.9 Å². The number of pyridine rings is 1. The zero-order valence-corrected chi connectivity index (χ0v) is 24.3. The van der Waals surface area contributed by atoms with E-state index in [1.165, 1.54) is 28.6 Å². The van der Waals surface area contributed by atoms with Crippen molar-refractivity contribution in [3.8, 4) is 5.75 Å². The Hall–Kier alpha value is -3.25. The zero-order valence-electron chi connectivity index (χ0n) is 23.5. The minimum absolute atomic E-state index is 0.0404. The van der Waals surface area contributed by atoms with E-state index in [1.54, 1.807) is 6.20 Å². The molecule has 200 valence electrons. The van der Waals surface area contributed by atoms with E-state index in [1.807, 2.05) is 54.2 Å². The van der Waals surface area contributed by atoms with Crippen molar-refractivity contribution in [2.45, 2.75) is 70.8 Å². The van der Waals surface area contributed by atoms with Crippen molar-refractivity contribution < 1.29 is 14.3 Å². The van der Waals surface area contributed by atoms with E-state index >= 15 is 0 Å². The molecule has 4 aromatic rings. The molecule has 2 heterocycles. The Morgan fingerprint density at radius 2 is 1.71 bits per heavy atom. The number of thioether (sulfide) groups is 1. The lowest BCUT2D eigenvalue weighted by atomic mass is 9.90. The standard InChI is InChI=1S/C32H38N2O3S/c1-31(2,3)19-28-29(38-32(4,5)6)26-18-25(37-21-24-10-8-9-17-33-24)15-16-27(26)34(28)20-22-11-13-23(14-12-22)30(35)36-7/h8-18H,19-21H2,1-7H3. The van der Waals surface area contributed by atoms with Gasteiger partial charge in [-0.15, -0.1) is 11.8 Å². The summed E-state index contributed by atoms with van der Waals surface area (Å²) in [6.45, 7) is 14.8. The Kier molecular flexibility index (Phi) is 8.22. The van der Waals surface area contributed by atoms with Gasteiger partial charge < -0.3 is 14.0 Å². The Balaban J connectivity index is 1.80. The van der Waals surface area contributed by atoms with Crippen molar-refractivity contribution >= 4 is 28.6 Å². The highest BCUT2D eigenvalue weighted by molar-refractivity contribution is 8.00. The summed E-state index contributed by atoms with van der Waals surface area (Å²) in [5, 5.41) is 1.20. The highest BCUT2D eigenvalue weighted by atomic mass is 32.2. The van der Waals surface area contributed by atoms with Gasteiger partial charge >= 0.3 is 5.97 Å². The summed E-state index contributed by atoms with van der Waals surface area (Å²) in [6, 6.07) is 20.0. The largest absolute Gasteiger partial charge is 0.487 e. The number of hydrogen-bond donors (Lipinski definition) is 0. The normalized spacial score (nSPS) is 12.1. The van der Waals surface area contributed by atoms with Crippen LogP contribution in [0.3, 0.4) is 0 Å². The molecule has 5 nitrogen and oxygen atoms in total. The number of esters is 1. The predicted octanol–water partition coefficient (Wildman–Crippen LogP) is 7.93. The lowest BCUT2D eigenvalue weighted by Gasteiger charge is -2.24. The highest BCUT2D eigenvalue weighted by Gasteiger charge is 2.26. The van der Waals surface area contributed by atoms with Gasteiger partial charge in [0.25, 0.3) is 0 Å². The number of ether oxygens (including phenoxy) is 2. The minimum Gasteiger partial charge on any atom is -0.487 e. The second kappa shape index (κ2) is 11.2. The molecule has 0 aliphatic heterocycles. The Labute approximate surface area is 230 Å². The molecule has 6 heteroatoms. The number of carbonyl (C=O) groups excluding carboxylic acids is 1. The van der Waals surface area contributed by atoms with Crippen molar-refractivity contribution in [3.63, 3.8) is 0 Å². The average Bonchev–Trinajstić information content (AvgIpc) is 3.12. The molecule has 0 saturated heterocycles. The molecule has 2 aromatic heterocycles. The Bertz CT molecular complexity index is 1400. The fourth-order valence-electron chi connectivity index (χ4n) is 4.41. The van der Waals surface area contributed by atoms with E-state index in [9.17, 15) is 4.79 Å². The number of hydrogen-bond acceptors (Lipinski definition) is 5. The topological polar surface area (TPSA) is 53.4 Å². The fourth-order valence-corrected chi connectivity index (χ4v) is 5.60. The molecular formula is C32H38N2O3S. The molecule has 38 heavy (non-hydrogen) atoms. The number of carbonyl (C=O) groups is 1. The molecule has 0 atom stereocenters. The molecule has 0 aliphatic rings. The summed E-state index contributed by atoms with van der Waals surface area (Å²) in [6.07, 6.45) is 2.72. The Morgan fingerprint density at radius 1 is 0.974 bits per heavy atom. The first-order valence-corrected chi connectivity index (χ1v) is 13.8. The van der Waals surface area contributed by atoms with E-state index in [0.29, 0.717) is 18.7 Å². The molecule has 0 bridgehead atoms. The molecule has 0 fully saturated rings. The molecule has 2 aromatic carbocycles. The molecule has 0 aliphatic carbocycles. The molecule has 0 spiro atoms. The van der Waals surface area contributed by atoms with Crippen LogP contribution >= 0.6 is 11.8 Å². The van der Waals surface area contributed by atoms with Gasteiger partial charge in [0.15, 0.2) is 0 Å². The molecule has 0 unspecified atom stereocenters. The Morgan fingerprint density at radius 3 is 2.32 bits per heavy atom. The predicted molar refractivity (Wildman–Crippen MR) is 156 cm³/mol. The van der Waals surface area contributed by atoms with Gasteiger partial charge in [-0.3, -0.25) is 4.98 Å². The van der Waals surface area contributed by atoms with Crippen LogP contribution in [0.1, 0.15) is 68.9 Å². The zero-order chi connectivity index (χ0) is 27.5. The molecule has 0 amide bonds. The van der Waals surface area contributed by atoms with Crippen LogP contribution in [0.4, 0.5) is 0 Å². The van der Waals surface area contributed by atoms with E-state index in [4.69, 9.17) is 9.47 Å². The highest BCUT2D eigenvalue weighted by Crippen LogP contribution is 2.44. The first kappa shape index (κ1) is 27.8. The molecule has 4 rings (SSSR count). The van der Waals surface area contributed by atoms with E-state index in [2.05, 4.69) is 69.3 Å². The molecule has 0 N–H and O–H groups in total. The van der Waals surface area contributed by atoms with Crippen LogP contribution in [0.25, 0.3) is 10.9 Å². The van der Waals surface area contributed by atoms with E-state index in [-0.39, 0.29) is 16.1 Å². The van der Waals surface area contributed by atoms with Crippen molar-refractivity contribution in [1.29, 1.82) is 0 Å². The van der Waals surface area contributed by atoms with Gasteiger partial charge in [0.05, 0.1) is 18.4 Å². The van der Waals surface area contributed by atoms with Crippen molar-refractivity contribution in [2.75, 3.05) is 7.11 Å². The lowest BCUT2D eigenvalue weighted by Crippen LogP contribution is -2.16. The number of benzene rings is 2. The fraction of sp³-hybridized carbons (Fsp3) is 0.375. The van der Waals surface area contributed by atoms with Crippen LogP contribution in [0.15, 0.2) is 71.8 Å². The summed E-state index contributed by atoms with van der Waals surface area (Å²) in [7, 11) is 1.41. The molecular weight excluding hydrogens is 492 g/mol. The van der Waals surface area contributed by atoms with Gasteiger partial charge in [-0.25, -0.2) is 4.79 Å². The van der Waals surface area contributed by atoms with Gasteiger partial charge in [-0.1, -0.05) is 59.7 Å². The summed E-state index contributed by atoms with van der Waals surface area (Å²) in [5.74, 6) is 0.513. The van der Waals surface area contributed by atoms with E-state index in [0.717, 1.165) is 23.4 Å². The lowest BCUT2D eigenvalue weighted by molar-refractivity contribution is 0.0600. The van der Waals surface area contributed by atoms with Crippen LogP contribution in [0, 0.1) is 5.41 Å². The van der Waals surface area contributed by atoms with Crippen LogP contribution in [-0.4, -0.2) is 27.4 Å². The third-order valence-corrected chi connectivity index (χ3v) is 7.30. The quantitative estimate of drug-likeness (QED) is 0.171. The maximum Gasteiger partial charge on any atom is 0.337 e. The maximum absolute atomic E-state index is 11.9. The van der Waals surface area contributed by atoms with Crippen LogP contribution < -0.4 is 4.74 Å². The van der Waals surface area contributed by atoms with E-state index < -0.39 is 0 Å². The number of nitrogens with zero attached hydrogens (tertiary/aromatic N) is 2. The average molecular weight is 531 g/mol. The first-order chi connectivity index (χ1) is 17.9. The van der Waals surface area contributed by atoms with Gasteiger partial charge in [0.2, 0.25) is 0 Å².